The van der Waals surface area contributed by atoms with Crippen LogP contribution in [-0.2, 0) is 4.74 Å². The molecule has 2 rings (SSSR count). The molecule has 1 N–H and O–H groups in total. The number of aromatic nitrogens is 1. The Bertz CT molecular complexity index is 613. The largest absolute Gasteiger partial charge is 0.465 e. The SMILES string of the molecule is COC(=O)c1c[nH]c2c(C)cccc2c1=O. The second-order valence-corrected chi connectivity index (χ2v) is 3.52. The van der Waals surface area contributed by atoms with Gasteiger partial charge in [-0.15, -0.1) is 0 Å². The van der Waals surface area contributed by atoms with E-state index >= 15 is 0 Å². The number of aryl methyl sites for hydroxylation is 1. The summed E-state index contributed by atoms with van der Waals surface area (Å²) in [5.41, 5.74) is 1.44. The Hall–Kier alpha value is -2.10. The van der Waals surface area contributed by atoms with Gasteiger partial charge >= 0.3 is 5.97 Å². The van der Waals surface area contributed by atoms with E-state index in [1.165, 1.54) is 13.3 Å². The fourth-order valence-electron chi connectivity index (χ4n) is 1.67. The first-order chi connectivity index (χ1) is 7.65. The molecule has 0 spiro atoms. The monoisotopic (exact) mass is 217 g/mol. The van der Waals surface area contributed by atoms with Gasteiger partial charge in [0.1, 0.15) is 5.56 Å². The molecule has 4 nitrogen and oxygen atoms in total. The van der Waals surface area contributed by atoms with Crippen molar-refractivity contribution in [3.63, 3.8) is 0 Å². The van der Waals surface area contributed by atoms with Crippen LogP contribution in [-0.4, -0.2) is 18.1 Å². The van der Waals surface area contributed by atoms with Crippen LogP contribution in [0.3, 0.4) is 0 Å². The zero-order valence-electron chi connectivity index (χ0n) is 9.03. The molecular formula is C12H11NO3. The van der Waals surface area contributed by atoms with Crippen LogP contribution < -0.4 is 5.43 Å². The maximum atomic E-state index is 12.0. The molecule has 0 atom stereocenters. The van der Waals surface area contributed by atoms with Crippen molar-refractivity contribution in [3.05, 3.63) is 45.7 Å². The molecule has 2 aromatic rings. The molecule has 1 heterocycles. The lowest BCUT2D eigenvalue weighted by atomic mass is 10.1. The number of methoxy groups -OCH3 is 1. The summed E-state index contributed by atoms with van der Waals surface area (Å²) in [7, 11) is 1.25. The van der Waals surface area contributed by atoms with Crippen molar-refractivity contribution in [2.75, 3.05) is 7.11 Å². The van der Waals surface area contributed by atoms with Crippen molar-refractivity contribution in [3.8, 4) is 0 Å². The number of aromatic amines is 1. The number of nitrogens with one attached hydrogen (secondary N) is 1. The minimum absolute atomic E-state index is 0.0283. The summed E-state index contributed by atoms with van der Waals surface area (Å²) in [4.78, 5) is 26.2. The molecule has 0 amide bonds. The van der Waals surface area contributed by atoms with Crippen LogP contribution in [0.15, 0.2) is 29.2 Å². The molecule has 0 saturated heterocycles. The third kappa shape index (κ3) is 1.48. The normalized spacial score (nSPS) is 10.4. The Morgan fingerprint density at radius 3 is 2.81 bits per heavy atom. The van der Waals surface area contributed by atoms with E-state index in [1.807, 2.05) is 13.0 Å². The lowest BCUT2D eigenvalue weighted by molar-refractivity contribution is 0.0599. The second kappa shape index (κ2) is 3.81. The smallest absolute Gasteiger partial charge is 0.343 e. The lowest BCUT2D eigenvalue weighted by Crippen LogP contribution is -2.17. The standard InChI is InChI=1S/C12H11NO3/c1-7-4-3-5-8-10(7)13-6-9(11(8)14)12(15)16-2/h3-6H,1-2H3,(H,13,14). The minimum atomic E-state index is -0.621. The number of benzene rings is 1. The van der Waals surface area contributed by atoms with Crippen LogP contribution in [0.4, 0.5) is 0 Å². The fourth-order valence-corrected chi connectivity index (χ4v) is 1.67. The maximum Gasteiger partial charge on any atom is 0.343 e. The number of pyridine rings is 1. The molecule has 0 unspecified atom stereocenters. The van der Waals surface area contributed by atoms with Crippen molar-refractivity contribution < 1.29 is 9.53 Å². The number of carbonyl (C=O) groups is 1. The molecule has 0 aliphatic carbocycles. The molecule has 0 fully saturated rings. The van der Waals surface area contributed by atoms with Gasteiger partial charge in [0.25, 0.3) is 0 Å². The molecule has 1 aromatic heterocycles. The Morgan fingerprint density at radius 1 is 1.38 bits per heavy atom. The van der Waals surface area contributed by atoms with Gasteiger partial charge in [0.15, 0.2) is 0 Å². The molecule has 0 aliphatic heterocycles. The Kier molecular flexibility index (Phi) is 2.48. The number of hydrogen-bond acceptors (Lipinski definition) is 3. The third-order valence-corrected chi connectivity index (χ3v) is 2.53. The van der Waals surface area contributed by atoms with E-state index in [2.05, 4.69) is 9.72 Å². The summed E-state index contributed by atoms with van der Waals surface area (Å²) in [5, 5.41) is 0.503. The van der Waals surface area contributed by atoms with E-state index in [9.17, 15) is 9.59 Å². The van der Waals surface area contributed by atoms with E-state index in [-0.39, 0.29) is 11.0 Å². The van der Waals surface area contributed by atoms with Gasteiger partial charge in [-0.05, 0) is 18.6 Å². The van der Waals surface area contributed by atoms with Gasteiger partial charge in [0, 0.05) is 11.6 Å². The summed E-state index contributed by atoms with van der Waals surface area (Å²) >= 11 is 0. The van der Waals surface area contributed by atoms with Gasteiger partial charge in [0.05, 0.1) is 12.6 Å². The van der Waals surface area contributed by atoms with Gasteiger partial charge in [-0.1, -0.05) is 12.1 Å². The summed E-state index contributed by atoms with van der Waals surface area (Å²) in [6, 6.07) is 5.37. The molecule has 0 bridgehead atoms. The number of ether oxygens (including phenoxy) is 1. The highest BCUT2D eigenvalue weighted by Crippen LogP contribution is 2.12. The molecule has 1 aromatic carbocycles. The van der Waals surface area contributed by atoms with Crippen LogP contribution in [0.1, 0.15) is 15.9 Å². The lowest BCUT2D eigenvalue weighted by Gasteiger charge is -2.03. The van der Waals surface area contributed by atoms with Gasteiger partial charge in [-0.25, -0.2) is 4.79 Å². The Balaban J connectivity index is 2.81. The topological polar surface area (TPSA) is 59.2 Å². The third-order valence-electron chi connectivity index (χ3n) is 2.53. The van der Waals surface area contributed by atoms with E-state index in [1.54, 1.807) is 12.1 Å². The Morgan fingerprint density at radius 2 is 2.12 bits per heavy atom. The quantitative estimate of drug-likeness (QED) is 0.738. The fraction of sp³-hybridized carbons (Fsp3) is 0.167. The summed E-state index contributed by atoms with van der Waals surface area (Å²) in [6.45, 7) is 1.90. The highest BCUT2D eigenvalue weighted by molar-refractivity contribution is 5.93. The van der Waals surface area contributed by atoms with Crippen LogP contribution in [0.5, 0.6) is 0 Å². The van der Waals surface area contributed by atoms with E-state index in [4.69, 9.17) is 0 Å². The predicted octanol–water partition coefficient (Wildman–Crippen LogP) is 1.62. The summed E-state index contributed by atoms with van der Waals surface area (Å²) in [6.07, 6.45) is 1.39. The second-order valence-electron chi connectivity index (χ2n) is 3.52. The van der Waals surface area contributed by atoms with Gasteiger partial charge in [0.2, 0.25) is 5.43 Å². The first kappa shape index (κ1) is 10.4. The van der Waals surface area contributed by atoms with Crippen LogP contribution in [0, 0.1) is 6.92 Å². The van der Waals surface area contributed by atoms with Crippen molar-refractivity contribution in [2.24, 2.45) is 0 Å². The first-order valence-corrected chi connectivity index (χ1v) is 4.84. The molecule has 0 aliphatic rings. The van der Waals surface area contributed by atoms with Crippen LogP contribution in [0.2, 0.25) is 0 Å². The highest BCUT2D eigenvalue weighted by atomic mass is 16.5. The number of carbonyl (C=O) groups excluding carboxylic acids is 1. The van der Waals surface area contributed by atoms with Crippen LogP contribution in [0.25, 0.3) is 10.9 Å². The van der Waals surface area contributed by atoms with Crippen molar-refractivity contribution in [2.45, 2.75) is 6.92 Å². The average molecular weight is 217 g/mol. The number of H-pyrrole nitrogens is 1. The predicted molar refractivity (Wildman–Crippen MR) is 60.6 cm³/mol. The zero-order valence-corrected chi connectivity index (χ0v) is 9.03. The molecule has 82 valence electrons. The van der Waals surface area contributed by atoms with Gasteiger partial charge in [-0.3, -0.25) is 4.79 Å². The minimum Gasteiger partial charge on any atom is -0.465 e. The number of fused-ring (bicyclic) bond motifs is 1. The zero-order chi connectivity index (χ0) is 11.7. The van der Waals surface area contributed by atoms with E-state index in [0.29, 0.717) is 5.39 Å². The van der Waals surface area contributed by atoms with Crippen molar-refractivity contribution in [1.82, 2.24) is 4.98 Å². The van der Waals surface area contributed by atoms with Gasteiger partial charge < -0.3 is 9.72 Å². The highest BCUT2D eigenvalue weighted by Gasteiger charge is 2.13. The number of rotatable bonds is 1. The summed E-state index contributed by atoms with van der Waals surface area (Å²) < 4.78 is 4.54. The number of esters is 1. The summed E-state index contributed by atoms with van der Waals surface area (Å²) in [5.74, 6) is -0.621. The van der Waals surface area contributed by atoms with Crippen molar-refractivity contribution >= 4 is 16.9 Å². The van der Waals surface area contributed by atoms with E-state index in [0.717, 1.165) is 11.1 Å². The molecule has 0 radical (unpaired) electrons. The average Bonchev–Trinajstić information content (AvgIpc) is 2.30. The molecule has 4 heteroatoms. The molecular weight excluding hydrogens is 206 g/mol. The number of para-hydroxylation sites is 1. The van der Waals surface area contributed by atoms with E-state index < -0.39 is 5.97 Å². The first-order valence-electron chi connectivity index (χ1n) is 4.84. The maximum absolute atomic E-state index is 12.0. The number of hydrogen-bond donors (Lipinski definition) is 1. The van der Waals surface area contributed by atoms with Crippen LogP contribution >= 0.6 is 0 Å². The molecule has 16 heavy (non-hydrogen) atoms. The van der Waals surface area contributed by atoms with Gasteiger partial charge in [-0.2, -0.15) is 0 Å². The van der Waals surface area contributed by atoms with Crippen molar-refractivity contribution in [1.29, 1.82) is 0 Å². The Labute approximate surface area is 91.9 Å². The molecule has 0 saturated carbocycles.